The lowest BCUT2D eigenvalue weighted by atomic mass is 9.99. The highest BCUT2D eigenvalue weighted by Crippen LogP contribution is 2.29. The smallest absolute Gasteiger partial charge is 0.329 e. The van der Waals surface area contributed by atoms with Gasteiger partial charge in [-0.2, -0.15) is 0 Å². The van der Waals surface area contributed by atoms with Crippen LogP contribution < -0.4 is 16.0 Å². The molecule has 0 unspecified atom stereocenters. The molecule has 0 bridgehead atoms. The van der Waals surface area contributed by atoms with Gasteiger partial charge in [-0.05, 0) is 94.5 Å². The Kier molecular flexibility index (Phi) is 13.1. The topological polar surface area (TPSA) is 187 Å². The molecule has 1 aromatic heterocycles. The lowest BCUT2D eigenvalue weighted by molar-refractivity contribution is -0.163. The number of nitrogens with zero attached hydrogens (tertiary/aromatic N) is 4. The first-order valence-electron chi connectivity index (χ1n) is 20.0. The van der Waals surface area contributed by atoms with Crippen LogP contribution in [0, 0.1) is 24.5 Å². The number of fused-ring (bicyclic) bond motifs is 3. The number of halogens is 2. The SMILES string of the molecule is Cc1ccc(CC(=O)N[C@@H](Cc2cc(F)cc(F)c2)C(=O)N[C@@H]2C(=O)N3CCC[C@H]3C(=O)N3CCCC[C@H]3C(=O)N[C@@H](C)C(=O)N3C[C@H](C)C[C@H]3C(=O)O[C@H]2C)nc1. The highest BCUT2D eigenvalue weighted by Gasteiger charge is 2.47. The second-order valence-electron chi connectivity index (χ2n) is 16.0. The summed E-state index contributed by atoms with van der Waals surface area (Å²) in [7, 11) is 0. The van der Waals surface area contributed by atoms with Gasteiger partial charge in [-0.25, -0.2) is 13.6 Å². The fraction of sp³-hybridized carbons (Fsp3) is 0.561. The van der Waals surface area contributed by atoms with E-state index in [2.05, 4.69) is 20.9 Å². The Morgan fingerprint density at radius 2 is 1.57 bits per heavy atom. The number of cyclic esters (lactones) is 1. The van der Waals surface area contributed by atoms with Crippen LogP contribution in [0.1, 0.15) is 76.1 Å². The van der Waals surface area contributed by atoms with Gasteiger partial charge in [0.1, 0.15) is 54.0 Å². The summed E-state index contributed by atoms with van der Waals surface area (Å²) in [4.78, 5) is 106. The predicted molar refractivity (Wildman–Crippen MR) is 203 cm³/mol. The van der Waals surface area contributed by atoms with E-state index < -0.39 is 95.4 Å². The summed E-state index contributed by atoms with van der Waals surface area (Å²) in [6, 6.07) is -0.947. The van der Waals surface area contributed by atoms with Crippen molar-refractivity contribution in [3.05, 3.63) is 65.0 Å². The van der Waals surface area contributed by atoms with Crippen LogP contribution >= 0.6 is 0 Å². The summed E-state index contributed by atoms with van der Waals surface area (Å²) in [6.45, 7) is 7.22. The molecule has 8 atom stereocenters. The number of piperidine rings is 1. The van der Waals surface area contributed by atoms with Crippen molar-refractivity contribution in [2.24, 2.45) is 5.92 Å². The first-order chi connectivity index (χ1) is 27.6. The van der Waals surface area contributed by atoms with E-state index in [0.29, 0.717) is 37.4 Å². The van der Waals surface area contributed by atoms with E-state index in [1.54, 1.807) is 18.3 Å². The van der Waals surface area contributed by atoms with Gasteiger partial charge in [0.05, 0.1) is 6.42 Å². The number of ether oxygens (including phenoxy) is 1. The molecule has 4 saturated heterocycles. The third kappa shape index (κ3) is 9.61. The summed E-state index contributed by atoms with van der Waals surface area (Å²) < 4.78 is 34.5. The minimum Gasteiger partial charge on any atom is -0.458 e. The largest absolute Gasteiger partial charge is 0.458 e. The second kappa shape index (κ2) is 18.0. The standard InChI is InChI=1S/C41H51F2N7O8/c1-22-10-11-29(44-20-22)19-34(51)46-30(17-26-15-27(42)18-28(43)16-26)36(52)47-35-25(4)58-41(57)33-14-23(2)21-50(33)38(54)24(3)45-37(53)31-8-5-6-12-48(31)39(55)32-9-7-13-49(32)40(35)56/h10-11,15-16,18,20,23-25,30-33,35H,5-9,12-14,17,19,21H2,1-4H3,(H,45,53)(H,46,51)(H,47,52)/t23-,24+,25+,30+,31+,32+,33+,35+/m1/s1. The zero-order valence-electron chi connectivity index (χ0n) is 33.2. The van der Waals surface area contributed by atoms with Crippen LogP contribution in [-0.4, -0.2) is 123 Å². The summed E-state index contributed by atoms with van der Waals surface area (Å²) in [5.74, 6) is -6.54. The molecule has 4 aliphatic rings. The molecule has 312 valence electrons. The maximum atomic E-state index is 14.7. The highest BCUT2D eigenvalue weighted by atomic mass is 19.1. The monoisotopic (exact) mass is 807 g/mol. The normalized spacial score (nSPS) is 27.6. The number of benzene rings is 1. The zero-order chi connectivity index (χ0) is 41.8. The first kappa shape index (κ1) is 42.1. The molecule has 0 radical (unpaired) electrons. The van der Waals surface area contributed by atoms with Gasteiger partial charge in [0.25, 0.3) is 0 Å². The Morgan fingerprint density at radius 3 is 2.28 bits per heavy atom. The molecule has 0 aliphatic carbocycles. The van der Waals surface area contributed by atoms with E-state index in [1.807, 2.05) is 13.8 Å². The Hall–Kier alpha value is -5.48. The van der Waals surface area contributed by atoms with Crippen LogP contribution in [0.3, 0.4) is 0 Å². The van der Waals surface area contributed by atoms with Crippen molar-refractivity contribution in [2.45, 2.75) is 121 Å². The van der Waals surface area contributed by atoms with Crippen molar-refractivity contribution in [1.82, 2.24) is 35.6 Å². The number of hydrogen-bond acceptors (Lipinski definition) is 9. The van der Waals surface area contributed by atoms with Crippen molar-refractivity contribution in [3.63, 3.8) is 0 Å². The minimum atomic E-state index is -1.61. The number of carbonyl (C=O) groups is 7. The van der Waals surface area contributed by atoms with Crippen molar-refractivity contribution in [1.29, 1.82) is 0 Å². The number of rotatable bonds is 7. The zero-order valence-corrected chi connectivity index (χ0v) is 33.2. The quantitative estimate of drug-likeness (QED) is 0.349. The van der Waals surface area contributed by atoms with E-state index >= 15 is 0 Å². The molecule has 6 amide bonds. The maximum absolute atomic E-state index is 14.7. The molecule has 1 aromatic carbocycles. The number of amides is 6. The number of nitrogens with one attached hydrogen (secondary N) is 3. The van der Waals surface area contributed by atoms with Gasteiger partial charge in [-0.1, -0.05) is 13.0 Å². The molecule has 58 heavy (non-hydrogen) atoms. The summed E-state index contributed by atoms with van der Waals surface area (Å²) in [6.07, 6.45) is 2.19. The Morgan fingerprint density at radius 1 is 0.879 bits per heavy atom. The average molecular weight is 808 g/mol. The summed E-state index contributed by atoms with van der Waals surface area (Å²) in [5.41, 5.74) is 1.30. The molecule has 2 aromatic rings. The number of aryl methyl sites for hydroxylation is 1. The third-order valence-corrected chi connectivity index (χ3v) is 11.4. The molecule has 17 heteroatoms. The van der Waals surface area contributed by atoms with Crippen LogP contribution in [0.4, 0.5) is 8.78 Å². The van der Waals surface area contributed by atoms with E-state index in [4.69, 9.17) is 4.74 Å². The lowest BCUT2D eigenvalue weighted by Gasteiger charge is -2.39. The van der Waals surface area contributed by atoms with Gasteiger partial charge in [0, 0.05) is 44.0 Å². The maximum Gasteiger partial charge on any atom is 0.329 e. The van der Waals surface area contributed by atoms with Gasteiger partial charge in [0.15, 0.2) is 0 Å². The minimum absolute atomic E-state index is 0.0369. The van der Waals surface area contributed by atoms with Gasteiger partial charge < -0.3 is 35.4 Å². The molecule has 6 rings (SSSR count). The van der Waals surface area contributed by atoms with E-state index in [9.17, 15) is 42.3 Å². The molecular weight excluding hydrogens is 756 g/mol. The Bertz CT molecular complexity index is 1910. The van der Waals surface area contributed by atoms with Crippen molar-refractivity contribution in [2.75, 3.05) is 19.6 Å². The van der Waals surface area contributed by atoms with Crippen molar-refractivity contribution < 1.29 is 47.1 Å². The first-order valence-corrected chi connectivity index (χ1v) is 20.0. The third-order valence-electron chi connectivity index (χ3n) is 11.4. The number of aromatic nitrogens is 1. The fourth-order valence-corrected chi connectivity index (χ4v) is 8.41. The van der Waals surface area contributed by atoms with Crippen LogP contribution in [0.2, 0.25) is 0 Å². The van der Waals surface area contributed by atoms with E-state index in [0.717, 1.165) is 17.7 Å². The molecule has 15 nitrogen and oxygen atoms in total. The number of hydrogen-bond donors (Lipinski definition) is 3. The highest BCUT2D eigenvalue weighted by molar-refractivity contribution is 5.98. The summed E-state index contributed by atoms with van der Waals surface area (Å²) >= 11 is 0. The van der Waals surface area contributed by atoms with Crippen LogP contribution in [0.5, 0.6) is 0 Å². The summed E-state index contributed by atoms with van der Waals surface area (Å²) in [5, 5.41) is 8.02. The molecule has 0 spiro atoms. The average Bonchev–Trinajstić information content (AvgIpc) is 3.83. The fourth-order valence-electron chi connectivity index (χ4n) is 8.41. The lowest BCUT2D eigenvalue weighted by Crippen LogP contribution is -2.63. The second-order valence-corrected chi connectivity index (χ2v) is 16.0. The number of pyridine rings is 1. The van der Waals surface area contributed by atoms with Crippen molar-refractivity contribution in [3.8, 4) is 0 Å². The van der Waals surface area contributed by atoms with Gasteiger partial charge in [0.2, 0.25) is 35.4 Å². The van der Waals surface area contributed by atoms with Crippen LogP contribution in [-0.2, 0) is 51.1 Å². The van der Waals surface area contributed by atoms with E-state index in [1.165, 1.54) is 28.5 Å². The molecule has 0 saturated carbocycles. The number of esters is 1. The van der Waals surface area contributed by atoms with Crippen LogP contribution in [0.15, 0.2) is 36.5 Å². The van der Waals surface area contributed by atoms with Crippen LogP contribution in [0.25, 0.3) is 0 Å². The Balaban J connectivity index is 1.34. The van der Waals surface area contributed by atoms with Crippen molar-refractivity contribution >= 4 is 41.4 Å². The van der Waals surface area contributed by atoms with E-state index in [-0.39, 0.29) is 56.8 Å². The molecule has 5 heterocycles. The molecular formula is C41H51F2N7O8. The van der Waals surface area contributed by atoms with Gasteiger partial charge >= 0.3 is 5.97 Å². The molecule has 3 N–H and O–H groups in total. The molecule has 4 fully saturated rings. The van der Waals surface area contributed by atoms with Gasteiger partial charge in [-0.3, -0.25) is 33.8 Å². The van der Waals surface area contributed by atoms with Gasteiger partial charge in [-0.15, -0.1) is 0 Å². The Labute approximate surface area is 335 Å². The number of carbonyl (C=O) groups excluding carboxylic acids is 7. The predicted octanol–water partition coefficient (Wildman–Crippen LogP) is 1.48. The molecule has 4 aliphatic heterocycles.